The van der Waals surface area contributed by atoms with E-state index in [0.29, 0.717) is 12.2 Å². The standard InChI is InChI=1S/C18H20N4O3S/c23-17(11-13-5-3-9-19-12-13)22-10-4-7-15(22)18-20-14-6-1-2-8-16(14)26(24,25)21-18/h1-3,5-6,8-9,12,15,18,20-21H,4,7,10-11H2/t15-,18-/m0/s1. The zero-order valence-electron chi connectivity index (χ0n) is 14.1. The second-order valence-electron chi connectivity index (χ2n) is 6.57. The first-order valence-corrected chi connectivity index (χ1v) is 10.1. The molecule has 7 nitrogen and oxygen atoms in total. The van der Waals surface area contributed by atoms with Crippen molar-refractivity contribution in [2.24, 2.45) is 0 Å². The van der Waals surface area contributed by atoms with Crippen molar-refractivity contribution in [1.29, 1.82) is 0 Å². The lowest BCUT2D eigenvalue weighted by molar-refractivity contribution is -0.131. The van der Waals surface area contributed by atoms with Gasteiger partial charge < -0.3 is 10.2 Å². The smallest absolute Gasteiger partial charge is 0.244 e. The van der Waals surface area contributed by atoms with E-state index in [2.05, 4.69) is 15.0 Å². The predicted octanol–water partition coefficient (Wildman–Crippen LogP) is 1.35. The Morgan fingerprint density at radius 2 is 2.08 bits per heavy atom. The van der Waals surface area contributed by atoms with Crippen LogP contribution >= 0.6 is 0 Å². The van der Waals surface area contributed by atoms with Crippen molar-refractivity contribution in [3.8, 4) is 0 Å². The van der Waals surface area contributed by atoms with Gasteiger partial charge >= 0.3 is 0 Å². The molecule has 1 fully saturated rings. The molecule has 3 heterocycles. The van der Waals surface area contributed by atoms with E-state index in [1.165, 1.54) is 0 Å². The van der Waals surface area contributed by atoms with E-state index >= 15 is 0 Å². The quantitative estimate of drug-likeness (QED) is 0.849. The Hall–Kier alpha value is -2.45. The Morgan fingerprint density at radius 1 is 1.23 bits per heavy atom. The number of hydrogen-bond donors (Lipinski definition) is 2. The molecule has 0 saturated carbocycles. The highest BCUT2D eigenvalue weighted by atomic mass is 32.2. The van der Waals surface area contributed by atoms with Gasteiger partial charge in [-0.25, -0.2) is 8.42 Å². The van der Waals surface area contributed by atoms with Crippen LogP contribution in [0.3, 0.4) is 0 Å². The van der Waals surface area contributed by atoms with Crippen molar-refractivity contribution >= 4 is 21.6 Å². The van der Waals surface area contributed by atoms with Gasteiger partial charge in [0.2, 0.25) is 15.9 Å². The number of carbonyl (C=O) groups is 1. The van der Waals surface area contributed by atoms with E-state index in [9.17, 15) is 13.2 Å². The number of aromatic nitrogens is 1. The summed E-state index contributed by atoms with van der Waals surface area (Å²) in [5.41, 5.74) is 1.42. The van der Waals surface area contributed by atoms with Gasteiger partial charge in [-0.1, -0.05) is 18.2 Å². The second-order valence-corrected chi connectivity index (χ2v) is 8.26. The van der Waals surface area contributed by atoms with Gasteiger partial charge in [-0.05, 0) is 36.6 Å². The Bertz CT molecular complexity index is 917. The van der Waals surface area contributed by atoms with Crippen molar-refractivity contribution in [2.75, 3.05) is 11.9 Å². The normalized spacial score (nSPS) is 23.9. The summed E-state index contributed by atoms with van der Waals surface area (Å²) in [6, 6.07) is 10.3. The highest BCUT2D eigenvalue weighted by Crippen LogP contribution is 2.30. The number of benzene rings is 1. The number of para-hydroxylation sites is 1. The minimum atomic E-state index is -3.60. The lowest BCUT2D eigenvalue weighted by Crippen LogP contribution is -2.56. The average Bonchev–Trinajstić information content (AvgIpc) is 3.12. The Kier molecular flexibility index (Phi) is 4.37. The number of anilines is 1. The minimum absolute atomic E-state index is 0.0136. The fourth-order valence-electron chi connectivity index (χ4n) is 3.65. The molecule has 4 rings (SSSR count). The number of carbonyl (C=O) groups excluding carboxylic acids is 1. The summed E-state index contributed by atoms with van der Waals surface area (Å²) < 4.78 is 27.8. The van der Waals surface area contributed by atoms with Crippen molar-refractivity contribution in [2.45, 2.75) is 36.4 Å². The van der Waals surface area contributed by atoms with E-state index in [-0.39, 0.29) is 23.3 Å². The van der Waals surface area contributed by atoms with Gasteiger partial charge in [-0.15, -0.1) is 0 Å². The number of rotatable bonds is 3. The zero-order valence-corrected chi connectivity index (χ0v) is 14.9. The molecule has 8 heteroatoms. The van der Waals surface area contributed by atoms with Gasteiger partial charge in [-0.3, -0.25) is 9.78 Å². The summed E-state index contributed by atoms with van der Waals surface area (Å²) >= 11 is 0. The monoisotopic (exact) mass is 372 g/mol. The number of sulfonamides is 1. The number of pyridine rings is 1. The molecule has 0 bridgehead atoms. The van der Waals surface area contributed by atoms with Gasteiger partial charge in [0.15, 0.2) is 0 Å². The second kappa shape index (κ2) is 6.69. The van der Waals surface area contributed by atoms with E-state index < -0.39 is 16.2 Å². The van der Waals surface area contributed by atoms with Crippen LogP contribution in [-0.2, 0) is 21.2 Å². The molecule has 136 valence electrons. The van der Waals surface area contributed by atoms with Gasteiger partial charge in [-0.2, -0.15) is 4.72 Å². The number of likely N-dealkylation sites (tertiary alicyclic amines) is 1. The molecule has 0 unspecified atom stereocenters. The first-order valence-electron chi connectivity index (χ1n) is 8.61. The number of amides is 1. The maximum absolute atomic E-state index is 12.8. The molecule has 2 aliphatic rings. The molecule has 1 amide bonds. The third kappa shape index (κ3) is 3.17. The van der Waals surface area contributed by atoms with Crippen LogP contribution in [0.1, 0.15) is 18.4 Å². The molecule has 0 spiro atoms. The molecule has 2 aliphatic heterocycles. The van der Waals surface area contributed by atoms with Crippen LogP contribution in [0.15, 0.2) is 53.7 Å². The zero-order chi connectivity index (χ0) is 18.1. The summed E-state index contributed by atoms with van der Waals surface area (Å²) in [5, 5.41) is 3.25. The van der Waals surface area contributed by atoms with Crippen LogP contribution in [0.2, 0.25) is 0 Å². The summed E-state index contributed by atoms with van der Waals surface area (Å²) in [4.78, 5) is 18.8. The third-order valence-corrected chi connectivity index (χ3v) is 6.35. The number of hydrogen-bond acceptors (Lipinski definition) is 5. The topological polar surface area (TPSA) is 91.4 Å². The average molecular weight is 372 g/mol. The van der Waals surface area contributed by atoms with Crippen LogP contribution < -0.4 is 10.0 Å². The highest BCUT2D eigenvalue weighted by Gasteiger charge is 2.40. The van der Waals surface area contributed by atoms with Gasteiger partial charge in [0.1, 0.15) is 11.1 Å². The molecule has 0 aliphatic carbocycles. The summed E-state index contributed by atoms with van der Waals surface area (Å²) in [6.07, 6.45) is 4.69. The van der Waals surface area contributed by atoms with Gasteiger partial charge in [0.05, 0.1) is 18.2 Å². The van der Waals surface area contributed by atoms with Gasteiger partial charge in [0.25, 0.3) is 0 Å². The highest BCUT2D eigenvalue weighted by molar-refractivity contribution is 7.89. The molecule has 2 N–H and O–H groups in total. The minimum Gasteiger partial charge on any atom is -0.366 e. The Balaban J connectivity index is 1.55. The van der Waals surface area contributed by atoms with E-state index in [1.807, 2.05) is 6.07 Å². The summed E-state index contributed by atoms with van der Waals surface area (Å²) in [5.74, 6) is -0.0136. The van der Waals surface area contributed by atoms with Crippen LogP contribution in [0, 0.1) is 0 Å². The Morgan fingerprint density at radius 3 is 2.88 bits per heavy atom. The molecular formula is C18H20N4O3S. The van der Waals surface area contributed by atoms with E-state index in [4.69, 9.17) is 0 Å². The molecule has 26 heavy (non-hydrogen) atoms. The van der Waals surface area contributed by atoms with Gasteiger partial charge in [0, 0.05) is 18.9 Å². The molecule has 0 radical (unpaired) electrons. The first-order chi connectivity index (χ1) is 12.5. The predicted molar refractivity (Wildman–Crippen MR) is 96.9 cm³/mol. The first kappa shape index (κ1) is 17.0. The van der Waals surface area contributed by atoms with E-state index in [0.717, 1.165) is 18.4 Å². The number of nitrogens with zero attached hydrogens (tertiary/aromatic N) is 2. The molecule has 1 aromatic heterocycles. The molecule has 2 aromatic rings. The largest absolute Gasteiger partial charge is 0.366 e. The molecular weight excluding hydrogens is 352 g/mol. The van der Waals surface area contributed by atoms with Crippen molar-refractivity contribution in [3.63, 3.8) is 0 Å². The van der Waals surface area contributed by atoms with Crippen LogP contribution in [0.5, 0.6) is 0 Å². The van der Waals surface area contributed by atoms with E-state index in [1.54, 1.807) is 47.6 Å². The number of nitrogens with one attached hydrogen (secondary N) is 2. The summed E-state index contributed by atoms with van der Waals surface area (Å²) in [7, 11) is -3.60. The van der Waals surface area contributed by atoms with Crippen LogP contribution in [-0.4, -0.2) is 43.0 Å². The van der Waals surface area contributed by atoms with Crippen LogP contribution in [0.25, 0.3) is 0 Å². The fourth-order valence-corrected chi connectivity index (χ4v) is 5.00. The SMILES string of the molecule is O=C(Cc1cccnc1)N1CCC[C@H]1[C@H]1Nc2ccccc2S(=O)(=O)N1. The lowest BCUT2D eigenvalue weighted by Gasteiger charge is -2.36. The Labute approximate surface area is 152 Å². The molecule has 2 atom stereocenters. The third-order valence-electron chi connectivity index (χ3n) is 4.85. The molecule has 1 saturated heterocycles. The lowest BCUT2D eigenvalue weighted by atomic mass is 10.1. The van der Waals surface area contributed by atoms with Crippen LogP contribution in [0.4, 0.5) is 5.69 Å². The van der Waals surface area contributed by atoms with Crippen molar-refractivity contribution in [1.82, 2.24) is 14.6 Å². The maximum Gasteiger partial charge on any atom is 0.244 e. The van der Waals surface area contributed by atoms with Crippen molar-refractivity contribution in [3.05, 3.63) is 54.4 Å². The summed E-state index contributed by atoms with van der Waals surface area (Å²) in [6.45, 7) is 0.630. The number of fused-ring (bicyclic) bond motifs is 1. The molecule has 1 aromatic carbocycles. The van der Waals surface area contributed by atoms with Crippen molar-refractivity contribution < 1.29 is 13.2 Å². The fraction of sp³-hybridized carbons (Fsp3) is 0.333. The maximum atomic E-state index is 12.8.